The van der Waals surface area contributed by atoms with Crippen molar-refractivity contribution in [1.82, 2.24) is 5.32 Å². The second-order valence-corrected chi connectivity index (χ2v) is 4.25. The Kier molecular flexibility index (Phi) is 6.17. The molecule has 3 unspecified atom stereocenters. The van der Waals surface area contributed by atoms with Crippen LogP contribution in [0.25, 0.3) is 0 Å². The first-order chi connectivity index (χ1) is 7.31. The number of nitrogens with one attached hydrogen (secondary N) is 1. The van der Waals surface area contributed by atoms with Crippen molar-refractivity contribution in [2.75, 3.05) is 33.9 Å². The number of ether oxygens (including phenoxy) is 2. The first-order valence-corrected chi connectivity index (χ1v) is 5.77. The Bertz CT molecular complexity index is 167. The number of rotatable bonds is 7. The molecule has 15 heavy (non-hydrogen) atoms. The fourth-order valence-corrected chi connectivity index (χ4v) is 2.27. The highest BCUT2D eigenvalue weighted by molar-refractivity contribution is 4.84. The van der Waals surface area contributed by atoms with Crippen LogP contribution < -0.4 is 11.1 Å². The van der Waals surface area contributed by atoms with Gasteiger partial charge in [0.15, 0.2) is 0 Å². The topological polar surface area (TPSA) is 56.5 Å². The molecule has 0 aliphatic heterocycles. The van der Waals surface area contributed by atoms with Gasteiger partial charge in [0.2, 0.25) is 0 Å². The molecule has 0 heterocycles. The van der Waals surface area contributed by atoms with E-state index in [0.29, 0.717) is 18.6 Å². The lowest BCUT2D eigenvalue weighted by Gasteiger charge is -2.22. The minimum Gasteiger partial charge on any atom is -0.382 e. The lowest BCUT2D eigenvalue weighted by Crippen LogP contribution is -2.41. The average molecular weight is 216 g/mol. The molecule has 0 spiro atoms. The van der Waals surface area contributed by atoms with Crippen molar-refractivity contribution in [3.8, 4) is 0 Å². The number of hydrogen-bond acceptors (Lipinski definition) is 4. The van der Waals surface area contributed by atoms with E-state index in [4.69, 9.17) is 15.2 Å². The molecule has 1 saturated carbocycles. The molecule has 0 bridgehead atoms. The third-order valence-electron chi connectivity index (χ3n) is 3.26. The smallest absolute Gasteiger partial charge is 0.0928 e. The van der Waals surface area contributed by atoms with Crippen LogP contribution in [-0.4, -0.2) is 46.1 Å². The molecule has 3 N–H and O–H groups in total. The van der Waals surface area contributed by atoms with Gasteiger partial charge < -0.3 is 20.5 Å². The van der Waals surface area contributed by atoms with E-state index in [2.05, 4.69) is 5.32 Å². The summed E-state index contributed by atoms with van der Waals surface area (Å²) in [5, 5.41) is 3.53. The zero-order valence-electron chi connectivity index (χ0n) is 9.87. The highest BCUT2D eigenvalue weighted by atomic mass is 16.5. The summed E-state index contributed by atoms with van der Waals surface area (Å²) in [5.74, 6) is 0.644. The molecule has 4 heteroatoms. The summed E-state index contributed by atoms with van der Waals surface area (Å²) in [6, 6.07) is 0.574. The van der Waals surface area contributed by atoms with Gasteiger partial charge in [0, 0.05) is 26.8 Å². The SMILES string of the molecule is COCC(CNC1CCCC1CN)OC. The van der Waals surface area contributed by atoms with Gasteiger partial charge in [0.05, 0.1) is 12.7 Å². The molecule has 1 rings (SSSR count). The molecule has 1 fully saturated rings. The van der Waals surface area contributed by atoms with Crippen LogP contribution in [0.15, 0.2) is 0 Å². The van der Waals surface area contributed by atoms with Crippen LogP contribution in [0.5, 0.6) is 0 Å². The Morgan fingerprint density at radius 1 is 1.40 bits per heavy atom. The van der Waals surface area contributed by atoms with Gasteiger partial charge in [-0.1, -0.05) is 6.42 Å². The van der Waals surface area contributed by atoms with Gasteiger partial charge in [-0.3, -0.25) is 0 Å². The maximum absolute atomic E-state index is 5.73. The van der Waals surface area contributed by atoms with Crippen LogP contribution in [0.3, 0.4) is 0 Å². The first-order valence-electron chi connectivity index (χ1n) is 5.77. The number of hydrogen-bond donors (Lipinski definition) is 2. The van der Waals surface area contributed by atoms with E-state index in [1.807, 2.05) is 0 Å². The Morgan fingerprint density at radius 2 is 2.20 bits per heavy atom. The van der Waals surface area contributed by atoms with E-state index in [0.717, 1.165) is 13.1 Å². The summed E-state index contributed by atoms with van der Waals surface area (Å²) < 4.78 is 10.4. The summed E-state index contributed by atoms with van der Waals surface area (Å²) >= 11 is 0. The zero-order chi connectivity index (χ0) is 11.1. The zero-order valence-corrected chi connectivity index (χ0v) is 9.87. The van der Waals surface area contributed by atoms with Gasteiger partial charge in [-0.25, -0.2) is 0 Å². The molecule has 0 aromatic heterocycles. The largest absolute Gasteiger partial charge is 0.382 e. The first kappa shape index (κ1) is 12.9. The monoisotopic (exact) mass is 216 g/mol. The average Bonchev–Trinajstić information content (AvgIpc) is 2.71. The van der Waals surface area contributed by atoms with Crippen LogP contribution >= 0.6 is 0 Å². The highest BCUT2D eigenvalue weighted by Crippen LogP contribution is 2.24. The van der Waals surface area contributed by atoms with E-state index in [-0.39, 0.29) is 6.10 Å². The van der Waals surface area contributed by atoms with Gasteiger partial charge in [0.25, 0.3) is 0 Å². The molecular weight excluding hydrogens is 192 g/mol. The van der Waals surface area contributed by atoms with Crippen LogP contribution in [0.2, 0.25) is 0 Å². The standard InChI is InChI=1S/C11H24N2O2/c1-14-8-10(15-2)7-13-11-5-3-4-9(11)6-12/h9-11,13H,3-8,12H2,1-2H3. The van der Waals surface area contributed by atoms with Crippen molar-refractivity contribution in [3.05, 3.63) is 0 Å². The van der Waals surface area contributed by atoms with Crippen molar-refractivity contribution in [3.63, 3.8) is 0 Å². The summed E-state index contributed by atoms with van der Waals surface area (Å²) in [6.07, 6.45) is 3.94. The van der Waals surface area contributed by atoms with Gasteiger partial charge in [-0.05, 0) is 25.3 Å². The summed E-state index contributed by atoms with van der Waals surface area (Å²) in [4.78, 5) is 0. The van der Waals surface area contributed by atoms with Crippen LogP contribution in [0.1, 0.15) is 19.3 Å². The van der Waals surface area contributed by atoms with E-state index < -0.39 is 0 Å². The quantitative estimate of drug-likeness (QED) is 0.645. The van der Waals surface area contributed by atoms with Gasteiger partial charge in [0.1, 0.15) is 0 Å². The van der Waals surface area contributed by atoms with E-state index in [9.17, 15) is 0 Å². The number of nitrogens with two attached hydrogens (primary N) is 1. The van der Waals surface area contributed by atoms with Crippen molar-refractivity contribution >= 4 is 0 Å². The predicted octanol–water partition coefficient (Wildman–Crippen LogP) is 0.365. The summed E-state index contributed by atoms with van der Waals surface area (Å²) in [6.45, 7) is 2.29. The summed E-state index contributed by atoms with van der Waals surface area (Å²) in [7, 11) is 3.42. The van der Waals surface area contributed by atoms with Gasteiger partial charge in [-0.2, -0.15) is 0 Å². The second-order valence-electron chi connectivity index (χ2n) is 4.25. The molecule has 0 amide bonds. The van der Waals surface area contributed by atoms with Gasteiger partial charge >= 0.3 is 0 Å². The third-order valence-corrected chi connectivity index (χ3v) is 3.26. The molecule has 3 atom stereocenters. The Hall–Kier alpha value is -0.160. The van der Waals surface area contributed by atoms with Crippen molar-refractivity contribution in [2.24, 2.45) is 11.7 Å². The highest BCUT2D eigenvalue weighted by Gasteiger charge is 2.26. The molecule has 0 aromatic rings. The van der Waals surface area contributed by atoms with Crippen molar-refractivity contribution in [2.45, 2.75) is 31.4 Å². The molecule has 0 radical (unpaired) electrons. The van der Waals surface area contributed by atoms with E-state index >= 15 is 0 Å². The van der Waals surface area contributed by atoms with Gasteiger partial charge in [-0.15, -0.1) is 0 Å². The minimum absolute atomic E-state index is 0.147. The van der Waals surface area contributed by atoms with Crippen LogP contribution in [0, 0.1) is 5.92 Å². The molecule has 1 aliphatic carbocycles. The Labute approximate surface area is 92.5 Å². The normalized spacial score (nSPS) is 28.2. The third kappa shape index (κ3) is 4.07. The fraction of sp³-hybridized carbons (Fsp3) is 1.00. The van der Waals surface area contributed by atoms with E-state index in [1.165, 1.54) is 19.3 Å². The lowest BCUT2D eigenvalue weighted by atomic mass is 10.0. The van der Waals surface area contributed by atoms with Crippen molar-refractivity contribution < 1.29 is 9.47 Å². The Balaban J connectivity index is 2.22. The van der Waals surface area contributed by atoms with Crippen LogP contribution in [0.4, 0.5) is 0 Å². The molecule has 1 aliphatic rings. The predicted molar refractivity (Wildman–Crippen MR) is 60.9 cm³/mol. The molecular formula is C11H24N2O2. The Morgan fingerprint density at radius 3 is 2.80 bits per heavy atom. The fourth-order valence-electron chi connectivity index (χ4n) is 2.27. The minimum atomic E-state index is 0.147. The van der Waals surface area contributed by atoms with Crippen molar-refractivity contribution in [1.29, 1.82) is 0 Å². The maximum atomic E-state index is 5.73. The number of methoxy groups -OCH3 is 2. The molecule has 0 saturated heterocycles. The molecule has 4 nitrogen and oxygen atoms in total. The lowest BCUT2D eigenvalue weighted by molar-refractivity contribution is 0.0267. The molecule has 90 valence electrons. The summed E-state index contributed by atoms with van der Waals surface area (Å²) in [5.41, 5.74) is 5.73. The van der Waals surface area contributed by atoms with Crippen LogP contribution in [-0.2, 0) is 9.47 Å². The maximum Gasteiger partial charge on any atom is 0.0928 e. The van der Waals surface area contributed by atoms with E-state index in [1.54, 1.807) is 14.2 Å². The molecule has 0 aromatic carbocycles. The second kappa shape index (κ2) is 7.17.